The summed E-state index contributed by atoms with van der Waals surface area (Å²) in [4.78, 5) is 2.42. The molecule has 0 amide bonds. The first-order valence-electron chi connectivity index (χ1n) is 9.18. The molecule has 4 nitrogen and oxygen atoms in total. The minimum Gasteiger partial charge on any atom is -0.494 e. The van der Waals surface area contributed by atoms with E-state index in [1.54, 1.807) is 0 Å². The Morgan fingerprint density at radius 3 is 2.72 bits per heavy atom. The molecule has 0 saturated carbocycles. The molecule has 134 valence electrons. The third kappa shape index (κ3) is 5.21. The molecule has 2 aromatic rings. The van der Waals surface area contributed by atoms with Gasteiger partial charge in [-0.25, -0.2) is 0 Å². The molecule has 0 aromatic heterocycles. The maximum absolute atomic E-state index is 9.67. The Kier molecular flexibility index (Phi) is 6.31. The van der Waals surface area contributed by atoms with Gasteiger partial charge in [0, 0.05) is 31.9 Å². The molecule has 0 spiro atoms. The first kappa shape index (κ1) is 17.8. The Morgan fingerprint density at radius 2 is 1.92 bits per heavy atom. The summed E-state index contributed by atoms with van der Waals surface area (Å²) in [5, 5.41) is 13.2. The fourth-order valence-corrected chi connectivity index (χ4v) is 3.26. The van der Waals surface area contributed by atoms with E-state index >= 15 is 0 Å². The van der Waals surface area contributed by atoms with Crippen molar-refractivity contribution in [2.45, 2.75) is 39.0 Å². The summed E-state index contributed by atoms with van der Waals surface area (Å²) in [6, 6.07) is 16.7. The van der Waals surface area contributed by atoms with Crippen molar-refractivity contribution in [3.63, 3.8) is 0 Å². The van der Waals surface area contributed by atoms with Gasteiger partial charge in [-0.3, -0.25) is 4.90 Å². The van der Waals surface area contributed by atoms with Crippen LogP contribution < -0.4 is 10.1 Å². The van der Waals surface area contributed by atoms with E-state index in [9.17, 15) is 5.11 Å². The fourth-order valence-electron chi connectivity index (χ4n) is 3.26. The molecule has 3 rings (SSSR count). The average molecular weight is 340 g/mol. The molecule has 0 radical (unpaired) electrons. The number of para-hydroxylation sites is 1. The Labute approximate surface area is 150 Å². The van der Waals surface area contributed by atoms with Gasteiger partial charge in [0.25, 0.3) is 0 Å². The number of anilines is 1. The molecule has 1 aliphatic heterocycles. The van der Waals surface area contributed by atoms with E-state index < -0.39 is 0 Å². The van der Waals surface area contributed by atoms with Crippen LogP contribution in [0.15, 0.2) is 48.5 Å². The van der Waals surface area contributed by atoms with Crippen molar-refractivity contribution in [3.8, 4) is 5.75 Å². The third-order valence-corrected chi connectivity index (χ3v) is 4.66. The van der Waals surface area contributed by atoms with Gasteiger partial charge in [-0.15, -0.1) is 0 Å². The number of aliphatic hydroxyl groups is 1. The van der Waals surface area contributed by atoms with Gasteiger partial charge in [-0.2, -0.15) is 0 Å². The average Bonchev–Trinajstić information content (AvgIpc) is 2.64. The molecule has 1 fully saturated rings. The zero-order chi connectivity index (χ0) is 17.5. The highest BCUT2D eigenvalue weighted by molar-refractivity contribution is 5.51. The Morgan fingerprint density at radius 1 is 1.12 bits per heavy atom. The second-order valence-electron chi connectivity index (χ2n) is 6.60. The Balaban J connectivity index is 1.62. The molecule has 1 aliphatic rings. The van der Waals surface area contributed by atoms with Crippen molar-refractivity contribution in [2.75, 3.05) is 25.0 Å². The molecular formula is C21H28N2O2. The molecule has 0 unspecified atom stereocenters. The van der Waals surface area contributed by atoms with Gasteiger partial charge < -0.3 is 15.2 Å². The molecule has 0 aliphatic carbocycles. The second-order valence-corrected chi connectivity index (χ2v) is 6.60. The van der Waals surface area contributed by atoms with Gasteiger partial charge in [0.2, 0.25) is 0 Å². The standard InChI is InChI=1S/C21H28N2O2/c1-2-25-20-8-5-6-17(14-20)15-22-21-9-4-3-7-18(21)16-23-12-10-19(24)11-13-23/h3-9,14,19,22,24H,2,10-13,15-16H2,1H3. The summed E-state index contributed by atoms with van der Waals surface area (Å²) < 4.78 is 5.58. The molecule has 1 heterocycles. The lowest BCUT2D eigenvalue weighted by atomic mass is 10.1. The van der Waals surface area contributed by atoms with Gasteiger partial charge in [-0.05, 0) is 49.1 Å². The zero-order valence-corrected chi connectivity index (χ0v) is 14.9. The van der Waals surface area contributed by atoms with Crippen molar-refractivity contribution >= 4 is 5.69 Å². The van der Waals surface area contributed by atoms with Crippen LogP contribution >= 0.6 is 0 Å². The van der Waals surface area contributed by atoms with Crippen LogP contribution in [0.1, 0.15) is 30.9 Å². The van der Waals surface area contributed by atoms with Crippen molar-refractivity contribution in [1.82, 2.24) is 4.90 Å². The summed E-state index contributed by atoms with van der Waals surface area (Å²) in [5.74, 6) is 0.918. The van der Waals surface area contributed by atoms with Crippen molar-refractivity contribution in [2.24, 2.45) is 0 Å². The number of ether oxygens (including phenoxy) is 1. The van der Waals surface area contributed by atoms with Gasteiger partial charge in [0.05, 0.1) is 12.7 Å². The number of aliphatic hydroxyl groups excluding tert-OH is 1. The van der Waals surface area contributed by atoms with Crippen LogP contribution in [0.5, 0.6) is 5.75 Å². The van der Waals surface area contributed by atoms with E-state index in [-0.39, 0.29) is 6.10 Å². The van der Waals surface area contributed by atoms with Gasteiger partial charge in [0.1, 0.15) is 5.75 Å². The Bertz CT molecular complexity index is 666. The summed E-state index contributed by atoms with van der Waals surface area (Å²) >= 11 is 0. The summed E-state index contributed by atoms with van der Waals surface area (Å²) in [6.07, 6.45) is 1.63. The zero-order valence-electron chi connectivity index (χ0n) is 14.9. The molecule has 4 heteroatoms. The maximum atomic E-state index is 9.67. The normalized spacial score (nSPS) is 15.9. The van der Waals surface area contributed by atoms with Crippen molar-refractivity contribution in [3.05, 3.63) is 59.7 Å². The number of benzene rings is 2. The van der Waals surface area contributed by atoms with E-state index in [1.165, 1.54) is 16.8 Å². The summed E-state index contributed by atoms with van der Waals surface area (Å²) in [7, 11) is 0. The quantitative estimate of drug-likeness (QED) is 0.807. The van der Waals surface area contributed by atoms with Crippen molar-refractivity contribution < 1.29 is 9.84 Å². The number of nitrogens with zero attached hydrogens (tertiary/aromatic N) is 1. The smallest absolute Gasteiger partial charge is 0.119 e. The molecule has 0 atom stereocenters. The van der Waals surface area contributed by atoms with E-state index in [0.29, 0.717) is 6.61 Å². The van der Waals surface area contributed by atoms with Crippen LogP contribution in [0.2, 0.25) is 0 Å². The highest BCUT2D eigenvalue weighted by atomic mass is 16.5. The van der Waals surface area contributed by atoms with Gasteiger partial charge >= 0.3 is 0 Å². The monoisotopic (exact) mass is 340 g/mol. The van der Waals surface area contributed by atoms with E-state index in [4.69, 9.17) is 4.74 Å². The SMILES string of the molecule is CCOc1cccc(CNc2ccccc2CN2CCC(O)CC2)c1. The summed E-state index contributed by atoms with van der Waals surface area (Å²) in [6.45, 7) is 6.31. The van der Waals surface area contributed by atoms with E-state index in [0.717, 1.165) is 44.8 Å². The number of piperidine rings is 1. The van der Waals surface area contributed by atoms with Crippen molar-refractivity contribution in [1.29, 1.82) is 0 Å². The maximum Gasteiger partial charge on any atom is 0.119 e. The first-order chi connectivity index (χ1) is 12.2. The molecule has 2 N–H and O–H groups in total. The number of hydrogen-bond acceptors (Lipinski definition) is 4. The topological polar surface area (TPSA) is 44.7 Å². The summed E-state index contributed by atoms with van der Waals surface area (Å²) in [5.41, 5.74) is 3.69. The molecular weight excluding hydrogens is 312 g/mol. The number of rotatable bonds is 7. The molecule has 2 aromatic carbocycles. The highest BCUT2D eigenvalue weighted by Crippen LogP contribution is 2.21. The minimum absolute atomic E-state index is 0.123. The number of nitrogens with one attached hydrogen (secondary N) is 1. The lowest BCUT2D eigenvalue weighted by Crippen LogP contribution is -2.35. The predicted octanol–water partition coefficient (Wildman–Crippen LogP) is 3.65. The van der Waals surface area contributed by atoms with Crippen LogP contribution in [0.4, 0.5) is 5.69 Å². The third-order valence-electron chi connectivity index (χ3n) is 4.66. The number of hydrogen-bond donors (Lipinski definition) is 2. The number of likely N-dealkylation sites (tertiary alicyclic amines) is 1. The Hall–Kier alpha value is -2.04. The van der Waals surface area contributed by atoms with Crippen LogP contribution in [0, 0.1) is 0 Å². The second kappa shape index (κ2) is 8.88. The first-order valence-corrected chi connectivity index (χ1v) is 9.18. The lowest BCUT2D eigenvalue weighted by Gasteiger charge is -2.30. The predicted molar refractivity (Wildman–Crippen MR) is 102 cm³/mol. The van der Waals surface area contributed by atoms with Crippen LogP contribution in [-0.2, 0) is 13.1 Å². The lowest BCUT2D eigenvalue weighted by molar-refractivity contribution is 0.0793. The molecule has 1 saturated heterocycles. The molecule has 0 bridgehead atoms. The van der Waals surface area contributed by atoms with Gasteiger partial charge in [0.15, 0.2) is 0 Å². The van der Waals surface area contributed by atoms with E-state index in [1.807, 2.05) is 19.1 Å². The van der Waals surface area contributed by atoms with E-state index in [2.05, 4.69) is 46.6 Å². The van der Waals surface area contributed by atoms with Crippen LogP contribution in [0.25, 0.3) is 0 Å². The fraction of sp³-hybridized carbons (Fsp3) is 0.429. The van der Waals surface area contributed by atoms with Crippen LogP contribution in [0.3, 0.4) is 0 Å². The van der Waals surface area contributed by atoms with Gasteiger partial charge in [-0.1, -0.05) is 30.3 Å². The minimum atomic E-state index is -0.123. The highest BCUT2D eigenvalue weighted by Gasteiger charge is 2.17. The molecule has 25 heavy (non-hydrogen) atoms. The largest absolute Gasteiger partial charge is 0.494 e. The van der Waals surface area contributed by atoms with Crippen LogP contribution in [-0.4, -0.2) is 35.8 Å².